The topological polar surface area (TPSA) is 44.5 Å². The van der Waals surface area contributed by atoms with Crippen LogP contribution in [-0.2, 0) is 15.9 Å². The molecule has 3 nitrogen and oxygen atoms in total. The van der Waals surface area contributed by atoms with E-state index in [-0.39, 0.29) is 18.2 Å². The molecule has 0 aliphatic carbocycles. The summed E-state index contributed by atoms with van der Waals surface area (Å²) < 4.78 is 11.4. The van der Waals surface area contributed by atoms with Gasteiger partial charge >= 0.3 is 0 Å². The summed E-state index contributed by atoms with van der Waals surface area (Å²) in [6, 6.07) is 8.42. The molecule has 1 aromatic rings. The molecular formula is C16H25NO2. The van der Waals surface area contributed by atoms with E-state index in [9.17, 15) is 0 Å². The van der Waals surface area contributed by atoms with Crippen molar-refractivity contribution in [3.05, 3.63) is 35.4 Å². The van der Waals surface area contributed by atoms with Gasteiger partial charge in [0, 0.05) is 6.61 Å². The van der Waals surface area contributed by atoms with Gasteiger partial charge in [0.05, 0.1) is 24.9 Å². The monoisotopic (exact) mass is 263 g/mol. The molecule has 0 radical (unpaired) electrons. The molecule has 0 saturated carbocycles. The van der Waals surface area contributed by atoms with Gasteiger partial charge in [0.25, 0.3) is 0 Å². The Kier molecular flexibility index (Phi) is 5.37. The maximum atomic E-state index is 6.25. The third-order valence-corrected chi connectivity index (χ3v) is 3.85. The van der Waals surface area contributed by atoms with Gasteiger partial charge in [-0.2, -0.15) is 0 Å². The van der Waals surface area contributed by atoms with E-state index in [1.54, 1.807) is 0 Å². The molecule has 2 N–H and O–H groups in total. The Morgan fingerprint density at radius 3 is 2.68 bits per heavy atom. The molecule has 19 heavy (non-hydrogen) atoms. The molecule has 3 unspecified atom stereocenters. The molecule has 1 saturated heterocycles. The number of rotatable bonds is 6. The Balaban J connectivity index is 1.84. The van der Waals surface area contributed by atoms with Crippen molar-refractivity contribution < 1.29 is 9.47 Å². The predicted molar refractivity (Wildman–Crippen MR) is 77.1 cm³/mol. The molecule has 0 aromatic heterocycles. The first kappa shape index (κ1) is 14.5. The Bertz CT molecular complexity index is 371. The highest BCUT2D eigenvalue weighted by Crippen LogP contribution is 2.19. The Morgan fingerprint density at radius 2 is 2.11 bits per heavy atom. The summed E-state index contributed by atoms with van der Waals surface area (Å²) >= 11 is 0. The van der Waals surface area contributed by atoms with Crippen LogP contribution < -0.4 is 5.73 Å². The molecule has 1 aliphatic heterocycles. The van der Waals surface area contributed by atoms with Gasteiger partial charge in [0.15, 0.2) is 0 Å². The first-order valence-electron chi connectivity index (χ1n) is 7.28. The highest BCUT2D eigenvalue weighted by atomic mass is 16.5. The smallest absolute Gasteiger partial charge is 0.0809 e. The van der Waals surface area contributed by atoms with E-state index >= 15 is 0 Å². The van der Waals surface area contributed by atoms with Gasteiger partial charge in [-0.3, -0.25) is 0 Å². The van der Waals surface area contributed by atoms with E-state index in [1.807, 2.05) is 6.92 Å². The average molecular weight is 263 g/mol. The van der Waals surface area contributed by atoms with Crippen LogP contribution in [0.25, 0.3) is 0 Å². The Labute approximate surface area is 116 Å². The fourth-order valence-electron chi connectivity index (χ4n) is 2.39. The van der Waals surface area contributed by atoms with Gasteiger partial charge in [-0.05, 0) is 37.3 Å². The van der Waals surface area contributed by atoms with Crippen LogP contribution in [0, 0.1) is 0 Å². The van der Waals surface area contributed by atoms with Crippen LogP contribution in [0.5, 0.6) is 0 Å². The van der Waals surface area contributed by atoms with Gasteiger partial charge in [0.2, 0.25) is 0 Å². The molecule has 3 atom stereocenters. The van der Waals surface area contributed by atoms with Crippen molar-refractivity contribution in [3.63, 3.8) is 0 Å². The van der Waals surface area contributed by atoms with Crippen LogP contribution in [0.4, 0.5) is 0 Å². The molecule has 1 heterocycles. The van der Waals surface area contributed by atoms with Crippen LogP contribution >= 0.6 is 0 Å². The van der Waals surface area contributed by atoms with E-state index in [4.69, 9.17) is 15.2 Å². The summed E-state index contributed by atoms with van der Waals surface area (Å²) in [6.45, 7) is 5.71. The van der Waals surface area contributed by atoms with Crippen molar-refractivity contribution in [2.75, 3.05) is 13.2 Å². The zero-order valence-corrected chi connectivity index (χ0v) is 12.0. The lowest BCUT2D eigenvalue weighted by atomic mass is 10.0. The van der Waals surface area contributed by atoms with E-state index in [1.165, 1.54) is 5.56 Å². The van der Waals surface area contributed by atoms with Gasteiger partial charge in [0.1, 0.15) is 0 Å². The first-order chi connectivity index (χ1) is 9.20. The van der Waals surface area contributed by atoms with Crippen molar-refractivity contribution in [1.29, 1.82) is 0 Å². The lowest BCUT2D eigenvalue weighted by Crippen LogP contribution is -2.29. The highest BCUT2D eigenvalue weighted by molar-refractivity contribution is 5.25. The molecular weight excluding hydrogens is 238 g/mol. The third-order valence-electron chi connectivity index (χ3n) is 3.85. The average Bonchev–Trinajstić information content (AvgIpc) is 2.97. The highest BCUT2D eigenvalue weighted by Gasteiger charge is 2.20. The second kappa shape index (κ2) is 7.04. The first-order valence-corrected chi connectivity index (χ1v) is 7.28. The SMILES string of the molecule is CCc1ccc(C(N)C(C)OCC2CCCO2)cc1. The maximum Gasteiger partial charge on any atom is 0.0809 e. The molecule has 0 bridgehead atoms. The summed E-state index contributed by atoms with van der Waals surface area (Å²) in [4.78, 5) is 0. The summed E-state index contributed by atoms with van der Waals surface area (Å²) in [5.74, 6) is 0. The molecule has 106 valence electrons. The minimum Gasteiger partial charge on any atom is -0.376 e. The van der Waals surface area contributed by atoms with Gasteiger partial charge in [-0.15, -0.1) is 0 Å². The second-order valence-corrected chi connectivity index (χ2v) is 5.29. The van der Waals surface area contributed by atoms with Gasteiger partial charge in [-0.25, -0.2) is 0 Å². The van der Waals surface area contributed by atoms with Gasteiger partial charge < -0.3 is 15.2 Å². The fourth-order valence-corrected chi connectivity index (χ4v) is 2.39. The number of ether oxygens (including phenoxy) is 2. The molecule has 1 aromatic carbocycles. The van der Waals surface area contributed by atoms with E-state index < -0.39 is 0 Å². The summed E-state index contributed by atoms with van der Waals surface area (Å²) in [7, 11) is 0. The zero-order valence-electron chi connectivity index (χ0n) is 12.0. The number of hydrogen-bond donors (Lipinski definition) is 1. The maximum absolute atomic E-state index is 6.25. The molecule has 2 rings (SSSR count). The third kappa shape index (κ3) is 4.03. The molecule has 0 spiro atoms. The number of aryl methyl sites for hydroxylation is 1. The van der Waals surface area contributed by atoms with Crippen molar-refractivity contribution in [3.8, 4) is 0 Å². The Morgan fingerprint density at radius 1 is 1.37 bits per heavy atom. The quantitative estimate of drug-likeness (QED) is 0.858. The lowest BCUT2D eigenvalue weighted by Gasteiger charge is -2.22. The predicted octanol–water partition coefficient (Wildman–Crippen LogP) is 2.83. The lowest BCUT2D eigenvalue weighted by molar-refractivity contribution is -0.0224. The van der Waals surface area contributed by atoms with E-state index in [0.717, 1.165) is 31.4 Å². The number of hydrogen-bond acceptors (Lipinski definition) is 3. The van der Waals surface area contributed by atoms with E-state index in [2.05, 4.69) is 31.2 Å². The number of nitrogens with two attached hydrogens (primary N) is 1. The summed E-state index contributed by atoms with van der Waals surface area (Å²) in [5.41, 5.74) is 8.72. The summed E-state index contributed by atoms with van der Waals surface area (Å²) in [6.07, 6.45) is 3.58. The normalized spacial score (nSPS) is 22.4. The van der Waals surface area contributed by atoms with Crippen molar-refractivity contribution in [2.24, 2.45) is 5.73 Å². The number of benzene rings is 1. The largest absolute Gasteiger partial charge is 0.376 e. The zero-order chi connectivity index (χ0) is 13.7. The molecule has 3 heteroatoms. The molecule has 1 fully saturated rings. The van der Waals surface area contributed by atoms with Crippen LogP contribution in [0.2, 0.25) is 0 Å². The molecule has 1 aliphatic rings. The van der Waals surface area contributed by atoms with Crippen LogP contribution in [-0.4, -0.2) is 25.4 Å². The van der Waals surface area contributed by atoms with Crippen LogP contribution in [0.1, 0.15) is 43.9 Å². The summed E-state index contributed by atoms with van der Waals surface area (Å²) in [5, 5.41) is 0. The fraction of sp³-hybridized carbons (Fsp3) is 0.625. The van der Waals surface area contributed by atoms with Crippen LogP contribution in [0.15, 0.2) is 24.3 Å². The minimum absolute atomic E-state index is 0.0108. The van der Waals surface area contributed by atoms with E-state index in [0.29, 0.717) is 6.61 Å². The van der Waals surface area contributed by atoms with Gasteiger partial charge in [-0.1, -0.05) is 31.2 Å². The minimum atomic E-state index is -0.0766. The van der Waals surface area contributed by atoms with Crippen molar-refractivity contribution in [1.82, 2.24) is 0 Å². The second-order valence-electron chi connectivity index (χ2n) is 5.29. The standard InChI is InChI=1S/C16H25NO2/c1-3-13-6-8-14(9-7-13)16(17)12(2)19-11-15-5-4-10-18-15/h6-9,12,15-16H,3-5,10-11,17H2,1-2H3. The van der Waals surface area contributed by atoms with Crippen molar-refractivity contribution >= 4 is 0 Å². The van der Waals surface area contributed by atoms with Crippen LogP contribution in [0.3, 0.4) is 0 Å². The van der Waals surface area contributed by atoms with Crippen molar-refractivity contribution in [2.45, 2.75) is 51.4 Å². The molecule has 0 amide bonds. The Hall–Kier alpha value is -0.900.